The minimum Gasteiger partial charge on any atom is -0.395 e. The summed E-state index contributed by atoms with van der Waals surface area (Å²) in [5.74, 6) is 6.24. The molecule has 20 heavy (non-hydrogen) atoms. The third-order valence-corrected chi connectivity index (χ3v) is 3.34. The number of carbonyl (C=O) groups excluding carboxylic acids is 1. The SMILES string of the molecule is CCC(CC)CNC(=O)c1ccccc1C#CCCO. The molecule has 108 valence electrons. The van der Waals surface area contributed by atoms with Crippen LogP contribution >= 0.6 is 0 Å². The summed E-state index contributed by atoms with van der Waals surface area (Å²) in [7, 11) is 0. The van der Waals surface area contributed by atoms with E-state index in [1.165, 1.54) is 0 Å². The molecule has 3 heteroatoms. The van der Waals surface area contributed by atoms with Crippen LogP contribution in [0.4, 0.5) is 0 Å². The summed E-state index contributed by atoms with van der Waals surface area (Å²) >= 11 is 0. The number of aliphatic hydroxyl groups excluding tert-OH is 1. The first-order valence-corrected chi connectivity index (χ1v) is 7.19. The van der Waals surface area contributed by atoms with E-state index in [0.29, 0.717) is 30.0 Å². The van der Waals surface area contributed by atoms with Crippen LogP contribution in [0.5, 0.6) is 0 Å². The predicted molar refractivity (Wildman–Crippen MR) is 81.4 cm³/mol. The van der Waals surface area contributed by atoms with Gasteiger partial charge in [0.25, 0.3) is 5.91 Å². The smallest absolute Gasteiger partial charge is 0.252 e. The first-order valence-electron chi connectivity index (χ1n) is 7.19. The van der Waals surface area contributed by atoms with Crippen molar-refractivity contribution in [1.29, 1.82) is 0 Å². The van der Waals surface area contributed by atoms with E-state index >= 15 is 0 Å². The monoisotopic (exact) mass is 273 g/mol. The lowest BCUT2D eigenvalue weighted by molar-refractivity contribution is 0.0946. The Morgan fingerprint density at radius 2 is 2.00 bits per heavy atom. The Kier molecular flexibility index (Phi) is 7.46. The molecular formula is C17H23NO2. The molecule has 1 rings (SSSR count). The van der Waals surface area contributed by atoms with E-state index in [9.17, 15) is 4.79 Å². The second-order valence-electron chi connectivity index (χ2n) is 4.71. The average molecular weight is 273 g/mol. The molecule has 0 atom stereocenters. The van der Waals surface area contributed by atoms with Crippen molar-refractivity contribution < 1.29 is 9.90 Å². The van der Waals surface area contributed by atoms with Crippen molar-refractivity contribution in [1.82, 2.24) is 5.32 Å². The fourth-order valence-corrected chi connectivity index (χ4v) is 1.91. The highest BCUT2D eigenvalue weighted by Gasteiger charge is 2.11. The standard InChI is InChI=1S/C17H23NO2/c1-3-14(4-2)13-18-17(20)16-11-6-5-9-15(16)10-7-8-12-19/h5-6,9,11,14,19H,3-4,8,12-13H2,1-2H3,(H,18,20). The molecule has 0 aliphatic rings. The van der Waals surface area contributed by atoms with Crippen LogP contribution in [0.3, 0.4) is 0 Å². The van der Waals surface area contributed by atoms with Crippen LogP contribution in [0.2, 0.25) is 0 Å². The van der Waals surface area contributed by atoms with Crippen molar-refractivity contribution >= 4 is 5.91 Å². The number of hydrogen-bond donors (Lipinski definition) is 2. The highest BCUT2D eigenvalue weighted by atomic mass is 16.2. The third kappa shape index (κ3) is 5.07. The van der Waals surface area contributed by atoms with Crippen molar-refractivity contribution in [2.45, 2.75) is 33.1 Å². The van der Waals surface area contributed by atoms with Crippen molar-refractivity contribution in [2.24, 2.45) is 5.92 Å². The minimum absolute atomic E-state index is 0.0377. The molecule has 0 spiro atoms. The first kappa shape index (κ1) is 16.3. The Morgan fingerprint density at radius 3 is 2.65 bits per heavy atom. The van der Waals surface area contributed by atoms with Crippen molar-refractivity contribution in [3.05, 3.63) is 35.4 Å². The van der Waals surface area contributed by atoms with Gasteiger partial charge in [-0.05, 0) is 18.1 Å². The normalized spacial score (nSPS) is 10.0. The Hall–Kier alpha value is -1.79. The average Bonchev–Trinajstić information content (AvgIpc) is 2.49. The molecule has 1 aromatic carbocycles. The van der Waals surface area contributed by atoms with Gasteiger partial charge in [-0.25, -0.2) is 0 Å². The summed E-state index contributed by atoms with van der Waals surface area (Å²) in [5, 5.41) is 11.7. The summed E-state index contributed by atoms with van der Waals surface area (Å²) in [4.78, 5) is 12.2. The highest BCUT2D eigenvalue weighted by Crippen LogP contribution is 2.09. The van der Waals surface area contributed by atoms with Gasteiger partial charge in [0, 0.05) is 18.5 Å². The van der Waals surface area contributed by atoms with Gasteiger partial charge >= 0.3 is 0 Å². The van der Waals surface area contributed by atoms with Gasteiger partial charge in [0.2, 0.25) is 0 Å². The van der Waals surface area contributed by atoms with Crippen molar-refractivity contribution in [3.63, 3.8) is 0 Å². The Morgan fingerprint density at radius 1 is 1.30 bits per heavy atom. The summed E-state index contributed by atoms with van der Waals surface area (Å²) in [5.41, 5.74) is 1.31. The zero-order valence-corrected chi connectivity index (χ0v) is 12.3. The molecule has 0 unspecified atom stereocenters. The van der Waals surface area contributed by atoms with Gasteiger partial charge in [-0.15, -0.1) is 0 Å². The van der Waals surface area contributed by atoms with Crippen LogP contribution in [-0.4, -0.2) is 24.2 Å². The number of aliphatic hydroxyl groups is 1. The molecule has 0 aliphatic carbocycles. The molecule has 1 amide bonds. The van der Waals surface area contributed by atoms with E-state index < -0.39 is 0 Å². The Labute approximate surface area is 121 Å². The van der Waals surface area contributed by atoms with Gasteiger partial charge in [0.05, 0.1) is 12.2 Å². The van der Waals surface area contributed by atoms with E-state index in [1.807, 2.05) is 18.2 Å². The van der Waals surface area contributed by atoms with E-state index in [1.54, 1.807) is 6.07 Å². The zero-order chi connectivity index (χ0) is 14.8. The molecule has 0 aliphatic heterocycles. The minimum atomic E-state index is -0.0780. The molecule has 0 heterocycles. The van der Waals surface area contributed by atoms with E-state index in [4.69, 9.17) is 5.11 Å². The molecule has 0 aromatic heterocycles. The third-order valence-electron chi connectivity index (χ3n) is 3.34. The fourth-order valence-electron chi connectivity index (χ4n) is 1.91. The number of hydrogen-bond acceptors (Lipinski definition) is 2. The van der Waals surface area contributed by atoms with E-state index in [2.05, 4.69) is 31.0 Å². The van der Waals surface area contributed by atoms with Crippen LogP contribution in [-0.2, 0) is 0 Å². The summed E-state index contributed by atoms with van der Waals surface area (Å²) in [6, 6.07) is 7.31. The number of benzene rings is 1. The molecule has 3 nitrogen and oxygen atoms in total. The molecule has 1 aromatic rings. The molecular weight excluding hydrogens is 250 g/mol. The first-order chi connectivity index (χ1) is 9.72. The van der Waals surface area contributed by atoms with Gasteiger partial charge in [0.15, 0.2) is 0 Å². The van der Waals surface area contributed by atoms with Crippen molar-refractivity contribution in [3.8, 4) is 11.8 Å². The summed E-state index contributed by atoms with van der Waals surface area (Å²) < 4.78 is 0. The molecule has 0 bridgehead atoms. The lowest BCUT2D eigenvalue weighted by Gasteiger charge is -2.13. The fraction of sp³-hybridized carbons (Fsp3) is 0.471. The van der Waals surface area contributed by atoms with Gasteiger partial charge in [-0.3, -0.25) is 4.79 Å². The maximum atomic E-state index is 12.2. The van der Waals surface area contributed by atoms with E-state index in [0.717, 1.165) is 12.8 Å². The Bertz CT molecular complexity index is 481. The number of carbonyl (C=O) groups is 1. The maximum absolute atomic E-state index is 12.2. The second-order valence-corrected chi connectivity index (χ2v) is 4.71. The zero-order valence-electron chi connectivity index (χ0n) is 12.3. The van der Waals surface area contributed by atoms with Gasteiger partial charge in [-0.1, -0.05) is 50.7 Å². The number of rotatable bonds is 6. The van der Waals surface area contributed by atoms with Gasteiger partial charge in [0.1, 0.15) is 0 Å². The lowest BCUT2D eigenvalue weighted by atomic mass is 10.0. The van der Waals surface area contributed by atoms with Crippen LogP contribution in [0.1, 0.15) is 49.0 Å². The van der Waals surface area contributed by atoms with Crippen LogP contribution < -0.4 is 5.32 Å². The van der Waals surface area contributed by atoms with Gasteiger partial charge < -0.3 is 10.4 Å². The maximum Gasteiger partial charge on any atom is 0.252 e. The van der Waals surface area contributed by atoms with Gasteiger partial charge in [-0.2, -0.15) is 0 Å². The molecule has 0 saturated heterocycles. The van der Waals surface area contributed by atoms with E-state index in [-0.39, 0.29) is 12.5 Å². The highest BCUT2D eigenvalue weighted by molar-refractivity contribution is 5.96. The predicted octanol–water partition coefficient (Wildman–Crippen LogP) is 2.59. The van der Waals surface area contributed by atoms with Crippen LogP contribution in [0.25, 0.3) is 0 Å². The molecule has 0 radical (unpaired) electrons. The second kappa shape index (κ2) is 9.17. The quantitative estimate of drug-likeness (QED) is 0.783. The van der Waals surface area contributed by atoms with Crippen LogP contribution in [0, 0.1) is 17.8 Å². The molecule has 0 fully saturated rings. The van der Waals surface area contributed by atoms with Crippen molar-refractivity contribution in [2.75, 3.05) is 13.2 Å². The Balaban J connectivity index is 2.75. The topological polar surface area (TPSA) is 49.3 Å². The lowest BCUT2D eigenvalue weighted by Crippen LogP contribution is -2.29. The largest absolute Gasteiger partial charge is 0.395 e. The summed E-state index contributed by atoms with van der Waals surface area (Å²) in [6.07, 6.45) is 2.55. The van der Waals surface area contributed by atoms with Crippen LogP contribution in [0.15, 0.2) is 24.3 Å². The number of amides is 1. The summed E-state index contributed by atoms with van der Waals surface area (Å²) in [6.45, 7) is 5.00. The molecule has 0 saturated carbocycles. The molecule has 2 N–H and O–H groups in total. The number of nitrogens with one attached hydrogen (secondary N) is 1.